The normalized spacial score (nSPS) is 9.56. The van der Waals surface area contributed by atoms with Gasteiger partial charge in [0.25, 0.3) is 0 Å². The average Bonchev–Trinajstić information content (AvgIpc) is 1.88. The molecule has 1 aromatic rings. The molecule has 0 aliphatic heterocycles. The van der Waals surface area contributed by atoms with Gasteiger partial charge in [0.2, 0.25) is 0 Å². The molecule has 1 rings (SSSR count). The van der Waals surface area contributed by atoms with Gasteiger partial charge in [-0.25, -0.2) is 4.57 Å². The van der Waals surface area contributed by atoms with Gasteiger partial charge in [-0.15, -0.1) is 0 Å². The quantitative estimate of drug-likeness (QED) is 0.491. The standard InChI is InChI=1S/C8H12N/c1-3-8-5-4-6-9(2)7-8/h4-7H,3H2,1-2H3/q+1. The molecular formula is C8H12N+. The molecule has 9 heavy (non-hydrogen) atoms. The molecule has 1 heterocycles. The highest BCUT2D eigenvalue weighted by molar-refractivity contribution is 5.04. The van der Waals surface area contributed by atoms with E-state index in [1.165, 1.54) is 5.56 Å². The third-order valence-electron chi connectivity index (χ3n) is 1.41. The average molecular weight is 122 g/mol. The van der Waals surface area contributed by atoms with E-state index in [-0.39, 0.29) is 0 Å². The van der Waals surface area contributed by atoms with Crippen LogP contribution in [0.4, 0.5) is 0 Å². The predicted octanol–water partition coefficient (Wildman–Crippen LogP) is 1.07. The highest BCUT2D eigenvalue weighted by Gasteiger charge is 1.91. The number of aromatic nitrogens is 1. The van der Waals surface area contributed by atoms with E-state index in [1.54, 1.807) is 0 Å². The Bertz CT molecular complexity index is 194. The molecule has 0 fully saturated rings. The van der Waals surface area contributed by atoms with Crippen molar-refractivity contribution in [2.24, 2.45) is 7.05 Å². The summed E-state index contributed by atoms with van der Waals surface area (Å²) < 4.78 is 2.07. The van der Waals surface area contributed by atoms with Crippen molar-refractivity contribution < 1.29 is 4.57 Å². The zero-order chi connectivity index (χ0) is 6.69. The molecule has 1 heteroatoms. The molecule has 0 saturated carbocycles. The summed E-state index contributed by atoms with van der Waals surface area (Å²) in [6, 6.07) is 4.21. The number of hydrogen-bond acceptors (Lipinski definition) is 0. The summed E-state index contributed by atoms with van der Waals surface area (Å²) in [4.78, 5) is 0. The first-order chi connectivity index (χ1) is 4.33. The van der Waals surface area contributed by atoms with E-state index in [4.69, 9.17) is 0 Å². The maximum Gasteiger partial charge on any atom is 0.171 e. The molecule has 0 unspecified atom stereocenters. The Kier molecular flexibility index (Phi) is 1.83. The molecule has 0 amide bonds. The minimum absolute atomic E-state index is 1.12. The van der Waals surface area contributed by atoms with Crippen LogP contribution in [-0.4, -0.2) is 0 Å². The summed E-state index contributed by atoms with van der Waals surface area (Å²) >= 11 is 0. The van der Waals surface area contributed by atoms with Crippen LogP contribution in [0.5, 0.6) is 0 Å². The second kappa shape index (κ2) is 2.62. The molecule has 0 atom stereocenters. The van der Waals surface area contributed by atoms with Crippen molar-refractivity contribution in [1.82, 2.24) is 0 Å². The summed E-state index contributed by atoms with van der Waals surface area (Å²) in [6.45, 7) is 2.16. The van der Waals surface area contributed by atoms with E-state index in [1.807, 2.05) is 13.2 Å². The van der Waals surface area contributed by atoms with Crippen LogP contribution in [0, 0.1) is 0 Å². The van der Waals surface area contributed by atoms with Gasteiger partial charge in [-0.2, -0.15) is 0 Å². The van der Waals surface area contributed by atoms with Crippen molar-refractivity contribution in [3.05, 3.63) is 30.1 Å². The Balaban J connectivity index is 2.94. The summed E-state index contributed by atoms with van der Waals surface area (Å²) in [5.41, 5.74) is 1.39. The van der Waals surface area contributed by atoms with Gasteiger partial charge >= 0.3 is 0 Å². The molecule has 1 aromatic heterocycles. The number of hydrogen-bond donors (Lipinski definition) is 0. The lowest BCUT2D eigenvalue weighted by Crippen LogP contribution is -2.26. The first-order valence-electron chi connectivity index (χ1n) is 3.27. The van der Waals surface area contributed by atoms with Crippen molar-refractivity contribution >= 4 is 0 Å². The second-order valence-corrected chi connectivity index (χ2v) is 2.23. The Labute approximate surface area is 56.0 Å². The minimum atomic E-state index is 1.12. The van der Waals surface area contributed by atoms with Crippen LogP contribution in [-0.2, 0) is 13.5 Å². The van der Waals surface area contributed by atoms with E-state index in [0.717, 1.165) is 6.42 Å². The van der Waals surface area contributed by atoms with E-state index < -0.39 is 0 Å². The van der Waals surface area contributed by atoms with Crippen molar-refractivity contribution in [2.45, 2.75) is 13.3 Å². The Morgan fingerprint density at radius 2 is 2.33 bits per heavy atom. The lowest BCUT2D eigenvalue weighted by molar-refractivity contribution is -0.671. The van der Waals surface area contributed by atoms with Crippen molar-refractivity contribution in [3.63, 3.8) is 0 Å². The molecule has 0 spiro atoms. The molecule has 1 nitrogen and oxygen atoms in total. The molecular weight excluding hydrogens is 110 g/mol. The van der Waals surface area contributed by atoms with Gasteiger partial charge in [-0.1, -0.05) is 6.92 Å². The smallest absolute Gasteiger partial charge is 0.171 e. The third-order valence-corrected chi connectivity index (χ3v) is 1.41. The molecule has 0 aromatic carbocycles. The van der Waals surface area contributed by atoms with Gasteiger partial charge in [-0.05, 0) is 12.5 Å². The topological polar surface area (TPSA) is 3.88 Å². The minimum Gasteiger partial charge on any atom is -0.208 e. The van der Waals surface area contributed by atoms with Crippen LogP contribution in [0.25, 0.3) is 0 Å². The summed E-state index contributed by atoms with van der Waals surface area (Å²) in [6.07, 6.45) is 5.30. The maximum atomic E-state index is 2.16. The largest absolute Gasteiger partial charge is 0.208 e. The molecule has 0 saturated heterocycles. The summed E-state index contributed by atoms with van der Waals surface area (Å²) in [5.74, 6) is 0. The van der Waals surface area contributed by atoms with Gasteiger partial charge in [0.15, 0.2) is 12.4 Å². The van der Waals surface area contributed by atoms with E-state index in [0.29, 0.717) is 0 Å². The van der Waals surface area contributed by atoms with Crippen LogP contribution < -0.4 is 4.57 Å². The fourth-order valence-corrected chi connectivity index (χ4v) is 0.859. The maximum absolute atomic E-state index is 2.16. The van der Waals surface area contributed by atoms with Gasteiger partial charge in [0.1, 0.15) is 7.05 Å². The van der Waals surface area contributed by atoms with Crippen molar-refractivity contribution in [1.29, 1.82) is 0 Å². The number of nitrogens with zero attached hydrogens (tertiary/aromatic N) is 1. The number of pyridine rings is 1. The molecule has 0 aliphatic rings. The van der Waals surface area contributed by atoms with Crippen molar-refractivity contribution in [2.75, 3.05) is 0 Å². The lowest BCUT2D eigenvalue weighted by Gasteiger charge is -1.90. The molecule has 48 valence electrons. The molecule has 0 N–H and O–H groups in total. The first kappa shape index (κ1) is 6.27. The van der Waals surface area contributed by atoms with Gasteiger partial charge in [0, 0.05) is 11.6 Å². The zero-order valence-electron chi connectivity index (χ0n) is 5.96. The molecule has 0 aliphatic carbocycles. The highest BCUT2D eigenvalue weighted by atomic mass is 14.9. The fourth-order valence-electron chi connectivity index (χ4n) is 0.859. The van der Waals surface area contributed by atoms with E-state index in [9.17, 15) is 0 Å². The van der Waals surface area contributed by atoms with Gasteiger partial charge < -0.3 is 0 Å². The van der Waals surface area contributed by atoms with Crippen molar-refractivity contribution in [3.8, 4) is 0 Å². The Morgan fingerprint density at radius 3 is 2.78 bits per heavy atom. The highest BCUT2D eigenvalue weighted by Crippen LogP contribution is 1.92. The van der Waals surface area contributed by atoms with Gasteiger partial charge in [0.05, 0.1) is 0 Å². The summed E-state index contributed by atoms with van der Waals surface area (Å²) in [5, 5.41) is 0. The monoisotopic (exact) mass is 122 g/mol. The second-order valence-electron chi connectivity index (χ2n) is 2.23. The van der Waals surface area contributed by atoms with Crippen LogP contribution in [0.15, 0.2) is 24.5 Å². The third kappa shape index (κ3) is 1.53. The molecule has 0 bridgehead atoms. The van der Waals surface area contributed by atoms with Crippen LogP contribution in [0.1, 0.15) is 12.5 Å². The van der Waals surface area contributed by atoms with Gasteiger partial charge in [-0.3, -0.25) is 0 Å². The lowest BCUT2D eigenvalue weighted by atomic mass is 10.2. The Hall–Kier alpha value is -0.850. The SMILES string of the molecule is CCc1ccc[n+](C)c1. The number of rotatable bonds is 1. The predicted molar refractivity (Wildman–Crippen MR) is 37.0 cm³/mol. The zero-order valence-corrected chi connectivity index (χ0v) is 5.96. The van der Waals surface area contributed by atoms with Crippen LogP contribution >= 0.6 is 0 Å². The first-order valence-corrected chi connectivity index (χ1v) is 3.27. The fraction of sp³-hybridized carbons (Fsp3) is 0.375. The number of aryl methyl sites for hydroxylation is 2. The summed E-state index contributed by atoms with van der Waals surface area (Å²) in [7, 11) is 2.04. The van der Waals surface area contributed by atoms with Crippen LogP contribution in [0.2, 0.25) is 0 Å². The van der Waals surface area contributed by atoms with E-state index in [2.05, 4.69) is 29.8 Å². The van der Waals surface area contributed by atoms with Crippen LogP contribution in [0.3, 0.4) is 0 Å². The Morgan fingerprint density at radius 1 is 1.56 bits per heavy atom. The van der Waals surface area contributed by atoms with E-state index >= 15 is 0 Å². The molecule has 0 radical (unpaired) electrons.